The van der Waals surface area contributed by atoms with Crippen molar-refractivity contribution in [2.75, 3.05) is 30.2 Å². The number of hydrogen-bond donors (Lipinski definition) is 3. The van der Waals surface area contributed by atoms with E-state index < -0.39 is 10.0 Å². The van der Waals surface area contributed by atoms with Gasteiger partial charge in [0.2, 0.25) is 10.0 Å². The summed E-state index contributed by atoms with van der Waals surface area (Å²) in [5.41, 5.74) is 0. The molecule has 2 heterocycles. The standard InChI is InChI=1S/C8H15N5O3S/c9-16-3-4-17(14,15)12-8-1-2-11-13(8)7-5-10-6-7/h1-2,7,10,12H,3-6,9H2. The van der Waals surface area contributed by atoms with Gasteiger partial charge >= 0.3 is 0 Å². The van der Waals surface area contributed by atoms with Crippen molar-refractivity contribution < 1.29 is 13.3 Å². The van der Waals surface area contributed by atoms with E-state index >= 15 is 0 Å². The molecule has 17 heavy (non-hydrogen) atoms. The van der Waals surface area contributed by atoms with Crippen molar-refractivity contribution >= 4 is 15.8 Å². The number of anilines is 1. The molecule has 96 valence electrons. The lowest BCUT2D eigenvalue weighted by Gasteiger charge is -2.28. The van der Waals surface area contributed by atoms with Crippen molar-refractivity contribution in [3.8, 4) is 0 Å². The van der Waals surface area contributed by atoms with Gasteiger partial charge in [0.1, 0.15) is 5.82 Å². The summed E-state index contributed by atoms with van der Waals surface area (Å²) in [6, 6.07) is 1.83. The Morgan fingerprint density at radius 1 is 1.65 bits per heavy atom. The molecule has 0 bridgehead atoms. The van der Waals surface area contributed by atoms with Gasteiger partial charge in [0, 0.05) is 19.2 Å². The van der Waals surface area contributed by atoms with Crippen molar-refractivity contribution in [2.45, 2.75) is 6.04 Å². The molecular formula is C8H15N5O3S. The average molecular weight is 261 g/mol. The fraction of sp³-hybridized carbons (Fsp3) is 0.625. The quantitative estimate of drug-likeness (QED) is 0.546. The van der Waals surface area contributed by atoms with E-state index in [-0.39, 0.29) is 18.4 Å². The van der Waals surface area contributed by atoms with Crippen LogP contribution in [0, 0.1) is 0 Å². The predicted octanol–water partition coefficient (Wildman–Crippen LogP) is -1.34. The summed E-state index contributed by atoms with van der Waals surface area (Å²) >= 11 is 0. The van der Waals surface area contributed by atoms with Gasteiger partial charge in [-0.1, -0.05) is 0 Å². The zero-order valence-corrected chi connectivity index (χ0v) is 9.98. The number of hydrogen-bond acceptors (Lipinski definition) is 6. The van der Waals surface area contributed by atoms with Gasteiger partial charge in [-0.15, -0.1) is 0 Å². The van der Waals surface area contributed by atoms with E-state index in [1.54, 1.807) is 16.9 Å². The van der Waals surface area contributed by atoms with Crippen LogP contribution in [0.2, 0.25) is 0 Å². The minimum absolute atomic E-state index is 0.0472. The van der Waals surface area contributed by atoms with Gasteiger partial charge in [-0.3, -0.25) is 4.72 Å². The number of nitrogens with zero attached hydrogens (tertiary/aromatic N) is 2. The largest absolute Gasteiger partial charge is 0.312 e. The fourth-order valence-electron chi connectivity index (χ4n) is 1.50. The molecule has 9 heteroatoms. The highest BCUT2D eigenvalue weighted by molar-refractivity contribution is 7.92. The highest BCUT2D eigenvalue weighted by atomic mass is 32.2. The molecule has 1 saturated heterocycles. The monoisotopic (exact) mass is 261 g/mol. The summed E-state index contributed by atoms with van der Waals surface area (Å²) in [6.07, 6.45) is 1.57. The van der Waals surface area contributed by atoms with E-state index in [0.29, 0.717) is 5.82 Å². The minimum Gasteiger partial charge on any atom is -0.312 e. The molecule has 0 unspecified atom stereocenters. The molecule has 0 saturated carbocycles. The van der Waals surface area contributed by atoms with Gasteiger partial charge in [0.25, 0.3) is 0 Å². The summed E-state index contributed by atoms with van der Waals surface area (Å²) in [6.45, 7) is 1.54. The Hall–Kier alpha value is -1.16. The molecule has 0 amide bonds. The molecule has 8 nitrogen and oxygen atoms in total. The summed E-state index contributed by atoms with van der Waals surface area (Å²) in [7, 11) is -3.44. The summed E-state index contributed by atoms with van der Waals surface area (Å²) in [4.78, 5) is 4.26. The van der Waals surface area contributed by atoms with E-state index in [9.17, 15) is 8.42 Å². The molecule has 0 aliphatic carbocycles. The highest BCUT2D eigenvalue weighted by Gasteiger charge is 2.23. The van der Waals surface area contributed by atoms with Gasteiger partial charge in [-0.25, -0.2) is 19.0 Å². The molecule has 1 aliphatic rings. The fourth-order valence-corrected chi connectivity index (χ4v) is 2.40. The maximum Gasteiger partial charge on any atom is 0.236 e. The van der Waals surface area contributed by atoms with Gasteiger partial charge < -0.3 is 10.2 Å². The molecule has 0 radical (unpaired) electrons. The van der Waals surface area contributed by atoms with Crippen LogP contribution in [-0.2, 0) is 14.9 Å². The topological polar surface area (TPSA) is 111 Å². The number of aromatic nitrogens is 2. The van der Waals surface area contributed by atoms with Crippen molar-refractivity contribution in [1.29, 1.82) is 0 Å². The zero-order valence-electron chi connectivity index (χ0n) is 9.17. The smallest absolute Gasteiger partial charge is 0.236 e. The Labute approximate surface area is 99.1 Å². The first-order valence-corrected chi connectivity index (χ1v) is 6.84. The molecule has 1 aliphatic heterocycles. The molecule has 0 atom stereocenters. The van der Waals surface area contributed by atoms with Crippen molar-refractivity contribution in [3.05, 3.63) is 12.3 Å². The van der Waals surface area contributed by atoms with E-state index in [0.717, 1.165) is 13.1 Å². The predicted molar refractivity (Wildman–Crippen MR) is 61.7 cm³/mol. The first-order chi connectivity index (χ1) is 8.12. The normalized spacial score (nSPS) is 16.8. The lowest BCUT2D eigenvalue weighted by molar-refractivity contribution is 0.154. The molecule has 2 rings (SSSR count). The highest BCUT2D eigenvalue weighted by Crippen LogP contribution is 2.18. The third-order valence-electron chi connectivity index (χ3n) is 2.51. The van der Waals surface area contributed by atoms with Crippen LogP contribution in [0.1, 0.15) is 6.04 Å². The third-order valence-corrected chi connectivity index (χ3v) is 3.73. The molecule has 1 fully saturated rings. The van der Waals surface area contributed by atoms with Crippen LogP contribution in [0.25, 0.3) is 0 Å². The van der Waals surface area contributed by atoms with Crippen LogP contribution in [-0.4, -0.2) is 43.6 Å². The molecular weight excluding hydrogens is 246 g/mol. The Morgan fingerprint density at radius 2 is 2.41 bits per heavy atom. The summed E-state index contributed by atoms with van der Waals surface area (Å²) in [5.74, 6) is 5.08. The van der Waals surface area contributed by atoms with Gasteiger partial charge in [0.15, 0.2) is 0 Å². The van der Waals surface area contributed by atoms with Crippen LogP contribution < -0.4 is 15.9 Å². The summed E-state index contributed by atoms with van der Waals surface area (Å²) in [5, 5.41) is 7.20. The first kappa shape index (κ1) is 12.3. The maximum atomic E-state index is 11.6. The van der Waals surface area contributed by atoms with Crippen LogP contribution in [0.3, 0.4) is 0 Å². The number of nitrogens with one attached hydrogen (secondary N) is 2. The minimum atomic E-state index is -3.44. The van der Waals surface area contributed by atoms with Gasteiger partial charge in [0.05, 0.1) is 24.6 Å². The molecule has 0 spiro atoms. The lowest BCUT2D eigenvalue weighted by atomic mass is 10.2. The SMILES string of the molecule is NOCCS(=O)(=O)Nc1ccnn1C1CNC1. The van der Waals surface area contributed by atoms with Gasteiger partial charge in [-0.05, 0) is 0 Å². The second kappa shape index (κ2) is 5.00. The van der Waals surface area contributed by atoms with Crippen LogP contribution in [0.4, 0.5) is 5.82 Å². The van der Waals surface area contributed by atoms with E-state index in [1.807, 2.05) is 0 Å². The second-order valence-electron chi connectivity index (χ2n) is 3.76. The second-order valence-corrected chi connectivity index (χ2v) is 5.61. The lowest BCUT2D eigenvalue weighted by Crippen LogP contribution is -2.44. The van der Waals surface area contributed by atoms with Crippen LogP contribution >= 0.6 is 0 Å². The average Bonchev–Trinajstić information content (AvgIpc) is 2.60. The Bertz CT molecular complexity index is 467. The van der Waals surface area contributed by atoms with Crippen molar-refractivity contribution in [1.82, 2.24) is 15.1 Å². The molecule has 4 N–H and O–H groups in total. The Kier molecular flexibility index (Phi) is 3.62. The molecule has 1 aromatic rings. The third kappa shape index (κ3) is 2.94. The number of nitrogens with two attached hydrogens (primary N) is 1. The van der Waals surface area contributed by atoms with Crippen LogP contribution in [0.5, 0.6) is 0 Å². The van der Waals surface area contributed by atoms with Gasteiger partial charge in [-0.2, -0.15) is 5.10 Å². The van der Waals surface area contributed by atoms with Crippen molar-refractivity contribution in [3.63, 3.8) is 0 Å². The van der Waals surface area contributed by atoms with E-state index in [2.05, 4.69) is 20.0 Å². The number of sulfonamides is 1. The van der Waals surface area contributed by atoms with E-state index in [1.165, 1.54) is 0 Å². The van der Waals surface area contributed by atoms with Crippen LogP contribution in [0.15, 0.2) is 12.3 Å². The number of rotatable bonds is 6. The van der Waals surface area contributed by atoms with E-state index in [4.69, 9.17) is 5.90 Å². The Balaban J connectivity index is 2.05. The first-order valence-electron chi connectivity index (χ1n) is 5.19. The Morgan fingerprint density at radius 3 is 3.00 bits per heavy atom. The molecule has 1 aromatic heterocycles. The summed E-state index contributed by atoms with van der Waals surface area (Å²) < 4.78 is 27.4. The maximum absolute atomic E-state index is 11.6. The van der Waals surface area contributed by atoms with Crippen molar-refractivity contribution in [2.24, 2.45) is 5.90 Å². The molecule has 0 aromatic carbocycles. The zero-order chi connectivity index (χ0) is 12.3.